The Morgan fingerprint density at radius 2 is 1.85 bits per heavy atom. The zero-order valence-electron chi connectivity index (χ0n) is 14.4. The molecule has 2 aromatic rings. The second-order valence-corrected chi connectivity index (χ2v) is 5.66. The zero-order chi connectivity index (χ0) is 19.1. The van der Waals surface area contributed by atoms with E-state index in [1.54, 1.807) is 24.3 Å². The summed E-state index contributed by atoms with van der Waals surface area (Å²) >= 11 is 0. The molecule has 0 aliphatic heterocycles. The molecule has 0 amide bonds. The van der Waals surface area contributed by atoms with Crippen LogP contribution < -0.4 is 5.56 Å². The van der Waals surface area contributed by atoms with E-state index in [1.807, 2.05) is 6.07 Å². The van der Waals surface area contributed by atoms with Gasteiger partial charge in [0.05, 0.1) is 5.69 Å². The molecule has 3 N–H and O–H groups in total. The van der Waals surface area contributed by atoms with Crippen LogP contribution in [0, 0.1) is 18.3 Å². The van der Waals surface area contributed by atoms with E-state index in [0.29, 0.717) is 12.1 Å². The van der Waals surface area contributed by atoms with Crippen LogP contribution in [0.3, 0.4) is 0 Å². The Morgan fingerprint density at radius 3 is 2.42 bits per heavy atom. The fourth-order valence-corrected chi connectivity index (χ4v) is 2.46. The standard InChI is InChI=1S/C18H20N4O4/c1-12-15(11-19)17(25)22(8-2-9-23)18(26)16(12)21-20-14-5-3-13(4-6-14)7-10-24/h3-6,23-24,26H,2,7-10H2,1H3/b21-20+. The highest BCUT2D eigenvalue weighted by Crippen LogP contribution is 2.32. The number of benzene rings is 1. The first kappa shape index (κ1) is 19.3. The highest BCUT2D eigenvalue weighted by atomic mass is 16.3. The van der Waals surface area contributed by atoms with Gasteiger partial charge >= 0.3 is 0 Å². The van der Waals surface area contributed by atoms with Crippen LogP contribution in [-0.4, -0.2) is 33.1 Å². The summed E-state index contributed by atoms with van der Waals surface area (Å²) in [6, 6.07) is 8.88. The number of aliphatic hydroxyl groups excluding tert-OH is 2. The molecular weight excluding hydrogens is 336 g/mol. The number of nitrogens with zero attached hydrogens (tertiary/aromatic N) is 4. The predicted octanol–water partition coefficient (Wildman–Crippen LogP) is 2.07. The van der Waals surface area contributed by atoms with Crippen LogP contribution in [0.2, 0.25) is 0 Å². The Balaban J connectivity index is 2.44. The van der Waals surface area contributed by atoms with Gasteiger partial charge in [0.25, 0.3) is 5.56 Å². The van der Waals surface area contributed by atoms with Crippen LogP contribution in [0.4, 0.5) is 11.4 Å². The summed E-state index contributed by atoms with van der Waals surface area (Å²) in [5, 5.41) is 45.6. The molecule has 26 heavy (non-hydrogen) atoms. The molecule has 0 aliphatic carbocycles. The summed E-state index contributed by atoms with van der Waals surface area (Å²) in [5.41, 5.74) is 1.03. The van der Waals surface area contributed by atoms with E-state index in [9.17, 15) is 15.2 Å². The summed E-state index contributed by atoms with van der Waals surface area (Å²) in [6.45, 7) is 1.49. The molecule has 1 aromatic heterocycles. The van der Waals surface area contributed by atoms with Crippen LogP contribution in [-0.2, 0) is 13.0 Å². The van der Waals surface area contributed by atoms with Gasteiger partial charge in [0, 0.05) is 25.3 Å². The molecule has 2 rings (SSSR count). The van der Waals surface area contributed by atoms with Gasteiger partial charge in [-0.2, -0.15) is 10.4 Å². The minimum absolute atomic E-state index is 0.0403. The average Bonchev–Trinajstić information content (AvgIpc) is 2.63. The Bertz CT molecular complexity index is 895. The van der Waals surface area contributed by atoms with Crippen molar-refractivity contribution >= 4 is 11.4 Å². The van der Waals surface area contributed by atoms with Gasteiger partial charge < -0.3 is 15.3 Å². The molecule has 0 saturated heterocycles. The topological polar surface area (TPSA) is 131 Å². The van der Waals surface area contributed by atoms with Gasteiger partial charge in [-0.05, 0) is 37.5 Å². The van der Waals surface area contributed by atoms with Crippen LogP contribution in [0.1, 0.15) is 23.1 Å². The first-order chi connectivity index (χ1) is 12.5. The van der Waals surface area contributed by atoms with Gasteiger partial charge in [-0.3, -0.25) is 9.36 Å². The SMILES string of the molecule is Cc1c(/N=N/c2ccc(CCO)cc2)c(O)n(CCCO)c(=O)c1C#N. The maximum Gasteiger partial charge on any atom is 0.271 e. The molecule has 8 heteroatoms. The highest BCUT2D eigenvalue weighted by molar-refractivity contribution is 5.59. The molecule has 0 atom stereocenters. The van der Waals surface area contributed by atoms with Crippen LogP contribution >= 0.6 is 0 Å². The lowest BCUT2D eigenvalue weighted by molar-refractivity contribution is 0.274. The maximum absolute atomic E-state index is 12.3. The molecule has 0 fully saturated rings. The summed E-state index contributed by atoms with van der Waals surface area (Å²) in [6.07, 6.45) is 0.795. The molecule has 0 aliphatic rings. The van der Waals surface area contributed by atoms with Crippen LogP contribution in [0.15, 0.2) is 39.3 Å². The van der Waals surface area contributed by atoms with E-state index in [2.05, 4.69) is 10.2 Å². The van der Waals surface area contributed by atoms with E-state index in [4.69, 9.17) is 10.2 Å². The van der Waals surface area contributed by atoms with Gasteiger partial charge in [0.1, 0.15) is 11.6 Å². The van der Waals surface area contributed by atoms with Crippen molar-refractivity contribution in [1.82, 2.24) is 4.57 Å². The molecule has 1 aromatic carbocycles. The first-order valence-corrected chi connectivity index (χ1v) is 8.12. The monoisotopic (exact) mass is 356 g/mol. The number of aromatic hydroxyl groups is 1. The van der Waals surface area contributed by atoms with Crippen molar-refractivity contribution in [3.05, 3.63) is 51.3 Å². The first-order valence-electron chi connectivity index (χ1n) is 8.12. The second kappa shape index (κ2) is 8.89. The van der Waals surface area contributed by atoms with Gasteiger partial charge in [-0.15, -0.1) is 5.11 Å². The smallest absolute Gasteiger partial charge is 0.271 e. The van der Waals surface area contributed by atoms with E-state index in [-0.39, 0.29) is 48.9 Å². The molecule has 0 saturated carbocycles. The van der Waals surface area contributed by atoms with Gasteiger partial charge in [-0.25, -0.2) is 0 Å². The Labute approximate surface area is 150 Å². The maximum atomic E-state index is 12.3. The number of hydrogen-bond acceptors (Lipinski definition) is 7. The normalized spacial score (nSPS) is 11.0. The van der Waals surface area contributed by atoms with E-state index in [0.717, 1.165) is 10.1 Å². The van der Waals surface area contributed by atoms with Crippen molar-refractivity contribution in [3.63, 3.8) is 0 Å². The highest BCUT2D eigenvalue weighted by Gasteiger charge is 2.18. The summed E-state index contributed by atoms with van der Waals surface area (Å²) < 4.78 is 1.01. The van der Waals surface area contributed by atoms with E-state index < -0.39 is 5.56 Å². The third-order valence-electron chi connectivity index (χ3n) is 3.91. The minimum atomic E-state index is -0.622. The Morgan fingerprint density at radius 1 is 1.15 bits per heavy atom. The van der Waals surface area contributed by atoms with E-state index >= 15 is 0 Å². The average molecular weight is 356 g/mol. The van der Waals surface area contributed by atoms with Crippen LogP contribution in [0.25, 0.3) is 0 Å². The Kier molecular flexibility index (Phi) is 6.60. The van der Waals surface area contributed by atoms with Gasteiger partial charge in [-0.1, -0.05) is 12.1 Å². The summed E-state index contributed by atoms with van der Waals surface area (Å²) in [5.74, 6) is -0.388. The van der Waals surface area contributed by atoms with Crippen molar-refractivity contribution in [2.75, 3.05) is 13.2 Å². The van der Waals surface area contributed by atoms with Crippen molar-refractivity contribution in [2.45, 2.75) is 26.3 Å². The lowest BCUT2D eigenvalue weighted by atomic mass is 10.1. The fraction of sp³-hybridized carbons (Fsp3) is 0.333. The number of rotatable bonds is 7. The van der Waals surface area contributed by atoms with E-state index in [1.165, 1.54) is 6.92 Å². The summed E-state index contributed by atoms with van der Waals surface area (Å²) in [4.78, 5) is 12.3. The second-order valence-electron chi connectivity index (χ2n) is 5.66. The molecule has 0 bridgehead atoms. The molecular formula is C18H20N4O4. The zero-order valence-corrected chi connectivity index (χ0v) is 14.4. The van der Waals surface area contributed by atoms with Crippen molar-refractivity contribution < 1.29 is 15.3 Å². The lowest BCUT2D eigenvalue weighted by Crippen LogP contribution is -2.24. The minimum Gasteiger partial charge on any atom is -0.493 e. The molecule has 0 spiro atoms. The van der Waals surface area contributed by atoms with Crippen molar-refractivity contribution in [2.24, 2.45) is 10.2 Å². The van der Waals surface area contributed by atoms with Gasteiger partial charge in [0.15, 0.2) is 5.69 Å². The van der Waals surface area contributed by atoms with Crippen molar-refractivity contribution in [3.8, 4) is 11.9 Å². The molecule has 0 unspecified atom stereocenters. The number of hydrogen-bond donors (Lipinski definition) is 3. The quantitative estimate of drug-likeness (QED) is 0.654. The number of pyridine rings is 1. The fourth-order valence-electron chi connectivity index (χ4n) is 2.46. The number of aromatic nitrogens is 1. The predicted molar refractivity (Wildman–Crippen MR) is 94.9 cm³/mol. The number of azo groups is 1. The third-order valence-corrected chi connectivity index (χ3v) is 3.91. The Hall–Kier alpha value is -3.02. The number of nitriles is 1. The molecule has 1 heterocycles. The molecule has 0 radical (unpaired) electrons. The summed E-state index contributed by atoms with van der Waals surface area (Å²) in [7, 11) is 0. The van der Waals surface area contributed by atoms with Crippen molar-refractivity contribution in [1.29, 1.82) is 5.26 Å². The molecule has 8 nitrogen and oxygen atoms in total. The van der Waals surface area contributed by atoms with Crippen LogP contribution in [0.5, 0.6) is 5.88 Å². The number of aliphatic hydroxyl groups is 2. The lowest BCUT2D eigenvalue weighted by Gasteiger charge is -2.12. The van der Waals surface area contributed by atoms with Gasteiger partial charge in [0.2, 0.25) is 5.88 Å². The molecule has 136 valence electrons. The largest absolute Gasteiger partial charge is 0.493 e. The third kappa shape index (κ3) is 4.14.